The molecule has 0 radical (unpaired) electrons. The summed E-state index contributed by atoms with van der Waals surface area (Å²) in [5.74, 6) is 0.172. The van der Waals surface area contributed by atoms with Crippen molar-refractivity contribution >= 4 is 5.91 Å². The van der Waals surface area contributed by atoms with Crippen LogP contribution in [0.5, 0.6) is 5.75 Å². The Morgan fingerprint density at radius 3 is 2.74 bits per heavy atom. The Labute approximate surface area is 111 Å². The van der Waals surface area contributed by atoms with Gasteiger partial charge in [-0.15, -0.1) is 0 Å². The summed E-state index contributed by atoms with van der Waals surface area (Å²) in [7, 11) is 1.47. The molecule has 2 N–H and O–H groups in total. The van der Waals surface area contributed by atoms with Gasteiger partial charge in [0.05, 0.1) is 24.3 Å². The third kappa shape index (κ3) is 5.86. The molecule has 1 unspecified atom stereocenters. The van der Waals surface area contributed by atoms with Crippen LogP contribution in [0.3, 0.4) is 0 Å². The van der Waals surface area contributed by atoms with Crippen molar-refractivity contribution in [2.75, 3.05) is 26.9 Å². The molecule has 0 spiro atoms. The van der Waals surface area contributed by atoms with Crippen LogP contribution in [0.15, 0.2) is 24.3 Å². The van der Waals surface area contributed by atoms with Gasteiger partial charge >= 0.3 is 0 Å². The minimum absolute atomic E-state index is 0.114. The fraction of sp³-hybridized carbons (Fsp3) is 0.385. The minimum Gasteiger partial charge on any atom is -0.484 e. The number of rotatable bonds is 7. The number of ether oxygens (including phenoxy) is 2. The molecular weight excluding hydrogens is 248 g/mol. The van der Waals surface area contributed by atoms with Crippen molar-refractivity contribution in [3.63, 3.8) is 0 Å². The fourth-order valence-electron chi connectivity index (χ4n) is 1.31. The second-order valence-electron chi connectivity index (χ2n) is 3.84. The van der Waals surface area contributed by atoms with E-state index in [0.717, 1.165) is 0 Å². The first-order chi connectivity index (χ1) is 9.15. The van der Waals surface area contributed by atoms with Crippen LogP contribution in [0.4, 0.5) is 0 Å². The Hall–Kier alpha value is -2.10. The van der Waals surface area contributed by atoms with Crippen LogP contribution in [-0.4, -0.2) is 44.0 Å². The molecule has 19 heavy (non-hydrogen) atoms. The molecule has 0 heterocycles. The monoisotopic (exact) mass is 264 g/mol. The molecule has 1 aromatic carbocycles. The van der Waals surface area contributed by atoms with Crippen molar-refractivity contribution in [2.45, 2.75) is 6.10 Å². The quantitative estimate of drug-likeness (QED) is 0.726. The first-order valence-corrected chi connectivity index (χ1v) is 5.72. The van der Waals surface area contributed by atoms with E-state index in [9.17, 15) is 9.90 Å². The molecule has 1 amide bonds. The molecule has 0 saturated carbocycles. The van der Waals surface area contributed by atoms with E-state index >= 15 is 0 Å². The molecule has 0 saturated heterocycles. The summed E-state index contributed by atoms with van der Waals surface area (Å²) in [6.45, 7) is 0.131. The number of hydrogen-bond donors (Lipinski definition) is 2. The number of benzene rings is 1. The van der Waals surface area contributed by atoms with Crippen LogP contribution < -0.4 is 10.1 Å². The van der Waals surface area contributed by atoms with E-state index < -0.39 is 6.10 Å². The van der Waals surface area contributed by atoms with Gasteiger partial charge in [0.2, 0.25) is 0 Å². The fourth-order valence-corrected chi connectivity index (χ4v) is 1.31. The standard InChI is InChI=1S/C13H16N2O4/c1-18-8-11(16)7-15-13(17)9-19-12-4-2-10(6-14)3-5-12/h2-5,11,16H,7-9H2,1H3,(H,15,17). The summed E-state index contributed by atoms with van der Waals surface area (Å²) < 4.78 is 9.95. The van der Waals surface area contributed by atoms with E-state index in [1.54, 1.807) is 24.3 Å². The van der Waals surface area contributed by atoms with E-state index in [0.29, 0.717) is 11.3 Å². The van der Waals surface area contributed by atoms with Gasteiger partial charge in [0, 0.05) is 13.7 Å². The number of aliphatic hydroxyl groups excluding tert-OH is 1. The zero-order chi connectivity index (χ0) is 14.1. The van der Waals surface area contributed by atoms with Gasteiger partial charge in [-0.2, -0.15) is 5.26 Å². The van der Waals surface area contributed by atoms with Crippen molar-refractivity contribution in [2.24, 2.45) is 0 Å². The van der Waals surface area contributed by atoms with Gasteiger partial charge in [0.1, 0.15) is 5.75 Å². The van der Waals surface area contributed by atoms with E-state index in [1.807, 2.05) is 6.07 Å². The minimum atomic E-state index is -0.733. The lowest BCUT2D eigenvalue weighted by Crippen LogP contribution is -2.36. The summed E-state index contributed by atoms with van der Waals surface area (Å²) in [6, 6.07) is 8.44. The van der Waals surface area contributed by atoms with Crippen LogP contribution in [0.2, 0.25) is 0 Å². The number of nitrogens with one attached hydrogen (secondary N) is 1. The highest BCUT2D eigenvalue weighted by Gasteiger charge is 2.07. The molecule has 0 fully saturated rings. The van der Waals surface area contributed by atoms with Crippen LogP contribution in [-0.2, 0) is 9.53 Å². The predicted octanol–water partition coefficient (Wildman–Crippen LogP) is 0.0606. The topological polar surface area (TPSA) is 91.6 Å². The zero-order valence-electron chi connectivity index (χ0n) is 10.6. The van der Waals surface area contributed by atoms with Crippen molar-refractivity contribution in [3.8, 4) is 11.8 Å². The highest BCUT2D eigenvalue weighted by Crippen LogP contribution is 2.11. The number of aliphatic hydroxyl groups is 1. The average molecular weight is 264 g/mol. The molecule has 6 heteroatoms. The molecule has 102 valence electrons. The van der Waals surface area contributed by atoms with Gasteiger partial charge in [0.25, 0.3) is 5.91 Å². The van der Waals surface area contributed by atoms with E-state index in [1.165, 1.54) is 7.11 Å². The summed E-state index contributed by atoms with van der Waals surface area (Å²) in [4.78, 5) is 11.4. The van der Waals surface area contributed by atoms with Crippen molar-refractivity contribution in [3.05, 3.63) is 29.8 Å². The molecule has 0 bridgehead atoms. The lowest BCUT2D eigenvalue weighted by atomic mass is 10.2. The Morgan fingerprint density at radius 2 is 2.16 bits per heavy atom. The Kier molecular flexibility index (Phi) is 6.36. The number of amides is 1. The van der Waals surface area contributed by atoms with Crippen LogP contribution in [0, 0.1) is 11.3 Å². The maximum absolute atomic E-state index is 11.4. The molecular formula is C13H16N2O4. The summed E-state index contributed by atoms with van der Waals surface area (Å²) >= 11 is 0. The highest BCUT2D eigenvalue weighted by atomic mass is 16.5. The molecule has 1 atom stereocenters. The number of carbonyl (C=O) groups is 1. The van der Waals surface area contributed by atoms with Gasteiger partial charge < -0.3 is 19.9 Å². The van der Waals surface area contributed by atoms with E-state index in [2.05, 4.69) is 5.32 Å². The number of hydrogen-bond acceptors (Lipinski definition) is 5. The van der Waals surface area contributed by atoms with E-state index in [-0.39, 0.29) is 25.7 Å². The summed E-state index contributed by atoms with van der Waals surface area (Å²) in [5.41, 5.74) is 0.527. The molecule has 0 aliphatic heterocycles. The average Bonchev–Trinajstić information content (AvgIpc) is 2.44. The SMILES string of the molecule is COCC(O)CNC(=O)COc1ccc(C#N)cc1. The first kappa shape index (κ1) is 15.0. The lowest BCUT2D eigenvalue weighted by Gasteiger charge is -2.11. The maximum atomic E-state index is 11.4. The van der Waals surface area contributed by atoms with Crippen LogP contribution in [0.1, 0.15) is 5.56 Å². The Bertz CT molecular complexity index is 439. The molecule has 0 aliphatic rings. The van der Waals surface area contributed by atoms with Gasteiger partial charge in [-0.25, -0.2) is 0 Å². The normalized spacial score (nSPS) is 11.4. The lowest BCUT2D eigenvalue weighted by molar-refractivity contribution is -0.123. The summed E-state index contributed by atoms with van der Waals surface area (Å²) in [6.07, 6.45) is -0.733. The van der Waals surface area contributed by atoms with Gasteiger partial charge in [-0.05, 0) is 24.3 Å². The second kappa shape index (κ2) is 8.08. The van der Waals surface area contributed by atoms with Crippen molar-refractivity contribution in [1.82, 2.24) is 5.32 Å². The number of methoxy groups -OCH3 is 1. The van der Waals surface area contributed by atoms with E-state index in [4.69, 9.17) is 14.7 Å². The zero-order valence-corrected chi connectivity index (χ0v) is 10.6. The third-order valence-corrected chi connectivity index (χ3v) is 2.25. The number of nitrogens with zero attached hydrogens (tertiary/aromatic N) is 1. The Balaban J connectivity index is 2.28. The van der Waals surface area contributed by atoms with Gasteiger partial charge in [0.15, 0.2) is 6.61 Å². The molecule has 1 aromatic rings. The summed E-state index contributed by atoms with van der Waals surface area (Å²) in [5, 5.41) is 20.5. The number of carbonyl (C=O) groups excluding carboxylic acids is 1. The largest absolute Gasteiger partial charge is 0.484 e. The first-order valence-electron chi connectivity index (χ1n) is 5.72. The highest BCUT2D eigenvalue weighted by molar-refractivity contribution is 5.77. The van der Waals surface area contributed by atoms with Crippen molar-refractivity contribution < 1.29 is 19.4 Å². The predicted molar refractivity (Wildman–Crippen MR) is 67.5 cm³/mol. The number of nitriles is 1. The molecule has 0 aromatic heterocycles. The van der Waals surface area contributed by atoms with Crippen LogP contribution in [0.25, 0.3) is 0 Å². The van der Waals surface area contributed by atoms with Gasteiger partial charge in [-0.1, -0.05) is 0 Å². The maximum Gasteiger partial charge on any atom is 0.258 e. The van der Waals surface area contributed by atoms with Crippen LogP contribution >= 0.6 is 0 Å². The molecule has 1 rings (SSSR count). The third-order valence-electron chi connectivity index (χ3n) is 2.25. The smallest absolute Gasteiger partial charge is 0.258 e. The molecule has 6 nitrogen and oxygen atoms in total. The van der Waals surface area contributed by atoms with Gasteiger partial charge in [-0.3, -0.25) is 4.79 Å². The second-order valence-corrected chi connectivity index (χ2v) is 3.84. The Morgan fingerprint density at radius 1 is 1.47 bits per heavy atom. The van der Waals surface area contributed by atoms with Crippen molar-refractivity contribution in [1.29, 1.82) is 5.26 Å². The molecule has 0 aliphatic carbocycles.